The van der Waals surface area contributed by atoms with E-state index >= 15 is 0 Å². The number of ether oxygens (including phenoxy) is 1. The predicted octanol–water partition coefficient (Wildman–Crippen LogP) is 3.00. The fourth-order valence-corrected chi connectivity index (χ4v) is 2.72. The Morgan fingerprint density at radius 2 is 1.80 bits per heavy atom. The van der Waals surface area contributed by atoms with Gasteiger partial charge in [-0.2, -0.15) is 0 Å². The Labute approximate surface area is 172 Å². The molecule has 1 aromatic carbocycles. The molecule has 0 aliphatic heterocycles. The first kappa shape index (κ1) is 22.9. The molecule has 1 unspecified atom stereocenters. The number of nitrogens with zero attached hydrogens (tertiary/aromatic N) is 1. The Kier molecular flexibility index (Phi) is 8.40. The lowest BCUT2D eigenvalue weighted by Crippen LogP contribution is -2.44. The number of benzene rings is 1. The summed E-state index contributed by atoms with van der Waals surface area (Å²) in [5.41, 5.74) is 0.410. The Bertz CT molecular complexity index is 883. The van der Waals surface area contributed by atoms with Crippen LogP contribution in [0.25, 0.3) is 0 Å². The molecule has 0 saturated carbocycles. The topological polar surface area (TPSA) is 97.4 Å². The summed E-state index contributed by atoms with van der Waals surface area (Å²) < 4.78 is 31.4. The molecule has 2 amide bonds. The van der Waals surface area contributed by atoms with Crippen LogP contribution in [0.1, 0.15) is 42.6 Å². The molecule has 0 spiro atoms. The van der Waals surface area contributed by atoms with Crippen molar-refractivity contribution in [2.24, 2.45) is 0 Å². The molecule has 0 bridgehead atoms. The highest BCUT2D eigenvalue weighted by molar-refractivity contribution is 5.97. The maximum Gasteiger partial charge on any atom is 0.339 e. The number of pyridine rings is 1. The molecule has 0 radical (unpaired) electrons. The summed E-state index contributed by atoms with van der Waals surface area (Å²) >= 11 is 0. The average molecular weight is 419 g/mol. The minimum Gasteiger partial charge on any atom is -0.462 e. The van der Waals surface area contributed by atoms with Crippen molar-refractivity contribution in [1.29, 1.82) is 0 Å². The molecule has 2 aromatic rings. The van der Waals surface area contributed by atoms with Crippen LogP contribution in [0.5, 0.6) is 0 Å². The first-order chi connectivity index (χ1) is 14.3. The van der Waals surface area contributed by atoms with Crippen molar-refractivity contribution in [3.63, 3.8) is 0 Å². The second-order valence-electron chi connectivity index (χ2n) is 6.51. The van der Waals surface area contributed by atoms with Gasteiger partial charge in [-0.3, -0.25) is 9.59 Å². The van der Waals surface area contributed by atoms with E-state index in [0.717, 1.165) is 18.2 Å². The minimum atomic E-state index is -0.854. The molecule has 2 N–H and O–H groups in total. The van der Waals surface area contributed by atoms with Gasteiger partial charge in [0.15, 0.2) is 0 Å². The SMILES string of the molecule is CCCC(NC(=O)Cc1cc(F)cc(F)c1)C(=O)Nc1ccc(C(=O)OCC)cn1. The van der Waals surface area contributed by atoms with Gasteiger partial charge >= 0.3 is 5.97 Å². The highest BCUT2D eigenvalue weighted by Gasteiger charge is 2.21. The van der Waals surface area contributed by atoms with Crippen LogP contribution in [-0.2, 0) is 20.7 Å². The van der Waals surface area contributed by atoms with Crippen molar-refractivity contribution in [3.05, 3.63) is 59.3 Å². The number of halogens is 2. The number of rotatable bonds is 9. The zero-order chi connectivity index (χ0) is 22.1. The molecule has 160 valence electrons. The van der Waals surface area contributed by atoms with Crippen molar-refractivity contribution >= 4 is 23.6 Å². The molecule has 1 atom stereocenters. The van der Waals surface area contributed by atoms with Gasteiger partial charge in [0.1, 0.15) is 23.5 Å². The lowest BCUT2D eigenvalue weighted by atomic mass is 10.1. The second-order valence-corrected chi connectivity index (χ2v) is 6.51. The molecule has 7 nitrogen and oxygen atoms in total. The molecule has 0 aliphatic rings. The fraction of sp³-hybridized carbons (Fsp3) is 0.333. The van der Waals surface area contributed by atoms with E-state index in [9.17, 15) is 23.2 Å². The minimum absolute atomic E-state index is 0.164. The number of anilines is 1. The maximum atomic E-state index is 13.3. The van der Waals surface area contributed by atoms with Crippen LogP contribution < -0.4 is 10.6 Å². The van der Waals surface area contributed by atoms with Gasteiger partial charge in [0.25, 0.3) is 0 Å². The lowest BCUT2D eigenvalue weighted by molar-refractivity contribution is -0.126. The lowest BCUT2D eigenvalue weighted by Gasteiger charge is -2.18. The van der Waals surface area contributed by atoms with Crippen molar-refractivity contribution in [1.82, 2.24) is 10.3 Å². The summed E-state index contributed by atoms with van der Waals surface area (Å²) in [6, 6.07) is 4.90. The number of hydrogen-bond acceptors (Lipinski definition) is 5. The summed E-state index contributed by atoms with van der Waals surface area (Å²) in [5.74, 6) is -2.91. The third-order valence-corrected chi connectivity index (χ3v) is 4.04. The number of esters is 1. The Balaban J connectivity index is 1.99. The van der Waals surface area contributed by atoms with Crippen molar-refractivity contribution in [3.8, 4) is 0 Å². The van der Waals surface area contributed by atoms with Crippen LogP contribution >= 0.6 is 0 Å². The average Bonchev–Trinajstić information content (AvgIpc) is 2.67. The Morgan fingerprint density at radius 1 is 1.10 bits per heavy atom. The third kappa shape index (κ3) is 6.91. The Hall–Kier alpha value is -3.36. The van der Waals surface area contributed by atoms with Crippen LogP contribution in [0, 0.1) is 11.6 Å². The molecule has 0 fully saturated rings. The quantitative estimate of drug-likeness (QED) is 0.609. The zero-order valence-electron chi connectivity index (χ0n) is 16.7. The third-order valence-electron chi connectivity index (χ3n) is 4.04. The number of nitrogens with one attached hydrogen (secondary N) is 2. The van der Waals surface area contributed by atoms with Gasteiger partial charge in [0.05, 0.1) is 18.6 Å². The van der Waals surface area contributed by atoms with E-state index in [4.69, 9.17) is 4.74 Å². The summed E-state index contributed by atoms with van der Waals surface area (Å²) in [7, 11) is 0. The number of carbonyl (C=O) groups excluding carboxylic acids is 3. The molecule has 0 aliphatic carbocycles. The summed E-state index contributed by atoms with van der Waals surface area (Å²) in [5, 5.41) is 5.15. The van der Waals surface area contributed by atoms with E-state index in [1.807, 2.05) is 6.92 Å². The van der Waals surface area contributed by atoms with Crippen LogP contribution in [0.4, 0.5) is 14.6 Å². The summed E-state index contributed by atoms with van der Waals surface area (Å²) in [4.78, 5) is 40.4. The van der Waals surface area contributed by atoms with Crippen LogP contribution in [0.3, 0.4) is 0 Å². The fourth-order valence-electron chi connectivity index (χ4n) is 2.72. The van der Waals surface area contributed by atoms with E-state index < -0.39 is 35.5 Å². The van der Waals surface area contributed by atoms with Gasteiger partial charge in [0.2, 0.25) is 11.8 Å². The Morgan fingerprint density at radius 3 is 2.37 bits per heavy atom. The molecule has 1 heterocycles. The van der Waals surface area contributed by atoms with Gasteiger partial charge in [-0.25, -0.2) is 18.6 Å². The van der Waals surface area contributed by atoms with Crippen LogP contribution in [-0.4, -0.2) is 35.4 Å². The van der Waals surface area contributed by atoms with Gasteiger partial charge in [-0.1, -0.05) is 13.3 Å². The standard InChI is InChI=1S/C21H23F2N3O4/c1-3-5-17(25-19(27)10-13-8-15(22)11-16(23)9-13)20(28)26-18-7-6-14(12-24-18)21(29)30-4-2/h6-9,11-12,17H,3-5,10H2,1-2H3,(H,25,27)(H,24,26,28). The van der Waals surface area contributed by atoms with Gasteiger partial charge < -0.3 is 15.4 Å². The maximum absolute atomic E-state index is 13.3. The van der Waals surface area contributed by atoms with E-state index in [0.29, 0.717) is 12.8 Å². The number of carbonyl (C=O) groups is 3. The first-order valence-electron chi connectivity index (χ1n) is 9.50. The number of amides is 2. The monoisotopic (exact) mass is 419 g/mol. The second kappa shape index (κ2) is 11.0. The van der Waals surface area contributed by atoms with Crippen LogP contribution in [0.2, 0.25) is 0 Å². The number of hydrogen-bond donors (Lipinski definition) is 2. The molecule has 1 aromatic heterocycles. The predicted molar refractivity (Wildman–Crippen MR) is 106 cm³/mol. The van der Waals surface area contributed by atoms with E-state index in [1.54, 1.807) is 6.92 Å². The van der Waals surface area contributed by atoms with Crippen molar-refractivity contribution < 1.29 is 27.9 Å². The van der Waals surface area contributed by atoms with E-state index in [-0.39, 0.29) is 30.0 Å². The van der Waals surface area contributed by atoms with E-state index in [1.165, 1.54) is 18.3 Å². The van der Waals surface area contributed by atoms with Gasteiger partial charge in [-0.15, -0.1) is 0 Å². The smallest absolute Gasteiger partial charge is 0.339 e. The van der Waals surface area contributed by atoms with Gasteiger partial charge in [-0.05, 0) is 43.2 Å². The van der Waals surface area contributed by atoms with E-state index in [2.05, 4.69) is 15.6 Å². The number of aromatic nitrogens is 1. The van der Waals surface area contributed by atoms with Gasteiger partial charge in [0, 0.05) is 12.3 Å². The zero-order valence-corrected chi connectivity index (χ0v) is 16.7. The van der Waals surface area contributed by atoms with Crippen LogP contribution in [0.15, 0.2) is 36.5 Å². The molecule has 9 heteroatoms. The van der Waals surface area contributed by atoms with Crippen molar-refractivity contribution in [2.45, 2.75) is 39.2 Å². The largest absolute Gasteiger partial charge is 0.462 e. The summed E-state index contributed by atoms with van der Waals surface area (Å²) in [6.07, 6.45) is 1.98. The molecule has 2 rings (SSSR count). The molecule has 0 saturated heterocycles. The normalized spacial score (nSPS) is 11.5. The molecular weight excluding hydrogens is 396 g/mol. The highest BCUT2D eigenvalue weighted by Crippen LogP contribution is 2.11. The highest BCUT2D eigenvalue weighted by atomic mass is 19.1. The van der Waals surface area contributed by atoms with Crippen molar-refractivity contribution in [2.75, 3.05) is 11.9 Å². The molecule has 30 heavy (non-hydrogen) atoms. The molecular formula is C21H23F2N3O4. The summed E-state index contributed by atoms with van der Waals surface area (Å²) in [6.45, 7) is 3.77. The first-order valence-corrected chi connectivity index (χ1v) is 9.50.